The van der Waals surface area contributed by atoms with E-state index in [1.54, 1.807) is 38.1 Å². The van der Waals surface area contributed by atoms with Crippen molar-refractivity contribution < 1.29 is 43.3 Å². The maximum absolute atomic E-state index is 13.0. The van der Waals surface area contributed by atoms with E-state index >= 15 is 0 Å². The monoisotopic (exact) mass is 769 g/mol. The molecular formula is C37H68N8O9. The molecule has 0 aliphatic rings. The molecule has 1 rings (SSSR count). The molecule has 0 fully saturated rings. The fourth-order valence-electron chi connectivity index (χ4n) is 3.97. The summed E-state index contributed by atoms with van der Waals surface area (Å²) in [6, 6.07) is 4.90. The number of primary amides is 1. The van der Waals surface area contributed by atoms with Gasteiger partial charge >= 0.3 is 12.1 Å². The molecule has 0 aliphatic heterocycles. The molecule has 0 bridgehead atoms. The molecule has 17 nitrogen and oxygen atoms in total. The van der Waals surface area contributed by atoms with Crippen LogP contribution in [0.2, 0.25) is 0 Å². The van der Waals surface area contributed by atoms with Crippen LogP contribution in [0, 0.1) is 5.92 Å². The molecule has 1 atom stereocenters. The summed E-state index contributed by atoms with van der Waals surface area (Å²) in [6.45, 7) is 15.4. The van der Waals surface area contributed by atoms with Gasteiger partial charge in [-0.3, -0.25) is 19.2 Å². The van der Waals surface area contributed by atoms with Crippen LogP contribution in [0.4, 0.5) is 15.3 Å². The molecule has 54 heavy (non-hydrogen) atoms. The first-order valence-corrected chi connectivity index (χ1v) is 18.6. The summed E-state index contributed by atoms with van der Waals surface area (Å²) < 4.78 is 10.6. The summed E-state index contributed by atoms with van der Waals surface area (Å²) in [6.07, 6.45) is 3.29. The molecule has 17 heteroatoms. The van der Waals surface area contributed by atoms with Crippen molar-refractivity contribution in [1.82, 2.24) is 26.6 Å². The third kappa shape index (κ3) is 31.1. The molecule has 1 aromatic rings. The number of ether oxygens (including phenoxy) is 2. The highest BCUT2D eigenvalue weighted by Gasteiger charge is 2.22. The van der Waals surface area contributed by atoms with E-state index in [-0.39, 0.29) is 51.7 Å². The molecule has 0 aromatic heterocycles. The average molecular weight is 769 g/mol. The molecule has 0 heterocycles. The van der Waals surface area contributed by atoms with E-state index < -0.39 is 41.5 Å². The van der Waals surface area contributed by atoms with Crippen LogP contribution in [0.15, 0.2) is 24.3 Å². The average Bonchev–Trinajstić information content (AvgIpc) is 3.10. The van der Waals surface area contributed by atoms with Gasteiger partial charge in [-0.05, 0) is 63.1 Å². The molecule has 7 amide bonds. The number of aliphatic hydroxyl groups is 1. The smallest absolute Gasteiger partial charge is 0.407 e. The van der Waals surface area contributed by atoms with Gasteiger partial charge in [0.15, 0.2) is 0 Å². The predicted octanol–water partition coefficient (Wildman–Crippen LogP) is 2.40. The van der Waals surface area contributed by atoms with E-state index in [4.69, 9.17) is 26.0 Å². The lowest BCUT2D eigenvalue weighted by atomic mass is 10.1. The minimum absolute atomic E-state index is 0.0181. The number of anilines is 1. The van der Waals surface area contributed by atoms with Crippen LogP contribution in [-0.4, -0.2) is 98.4 Å². The number of alkyl carbamates (subject to hydrolysis) is 1. The second-order valence-corrected chi connectivity index (χ2v) is 13.2. The molecule has 1 aromatic carbocycles. The SMILES string of the molecule is CC(C)(CCO)OCCC(=O)NCC(=O)NC(CCCNC(N)=O)C(=O)Nc1ccc(COC(=O)NCCN)cc1.CCC.CCC(=O)NCCC(C)C. The normalized spacial score (nSPS) is 11.0. The highest BCUT2D eigenvalue weighted by molar-refractivity contribution is 5.97. The van der Waals surface area contributed by atoms with Crippen molar-refractivity contribution in [2.24, 2.45) is 17.4 Å². The van der Waals surface area contributed by atoms with Gasteiger partial charge in [0.05, 0.1) is 18.8 Å². The molecule has 0 radical (unpaired) electrons. The lowest BCUT2D eigenvalue weighted by molar-refractivity contribution is -0.129. The van der Waals surface area contributed by atoms with Gasteiger partial charge in [0.1, 0.15) is 12.6 Å². The number of aliphatic hydroxyl groups excluding tert-OH is 1. The summed E-state index contributed by atoms with van der Waals surface area (Å²) >= 11 is 0. The Kier molecular flexibility index (Phi) is 30.6. The summed E-state index contributed by atoms with van der Waals surface area (Å²) in [7, 11) is 0. The van der Waals surface area contributed by atoms with Gasteiger partial charge in [-0.15, -0.1) is 0 Å². The molecule has 0 saturated carbocycles. The zero-order valence-corrected chi connectivity index (χ0v) is 33.4. The van der Waals surface area contributed by atoms with Gasteiger partial charge in [0.25, 0.3) is 0 Å². The second-order valence-electron chi connectivity index (χ2n) is 13.2. The lowest BCUT2D eigenvalue weighted by Crippen LogP contribution is -2.47. The van der Waals surface area contributed by atoms with Gasteiger partial charge in [0, 0.05) is 51.3 Å². The zero-order chi connectivity index (χ0) is 41.4. The Hall–Kier alpha value is -4.48. The number of carbonyl (C=O) groups excluding carboxylic acids is 6. The molecule has 0 saturated heterocycles. The first-order chi connectivity index (χ1) is 25.5. The van der Waals surface area contributed by atoms with Crippen molar-refractivity contribution >= 4 is 41.4 Å². The second kappa shape index (κ2) is 32.0. The van der Waals surface area contributed by atoms with Crippen LogP contribution in [0.3, 0.4) is 0 Å². The topological polar surface area (TPSA) is 265 Å². The van der Waals surface area contributed by atoms with Crippen molar-refractivity contribution in [2.75, 3.05) is 51.3 Å². The Morgan fingerprint density at radius 3 is 2.06 bits per heavy atom. The molecule has 11 N–H and O–H groups in total. The van der Waals surface area contributed by atoms with Gasteiger partial charge < -0.3 is 57.9 Å². The van der Waals surface area contributed by atoms with Gasteiger partial charge in [-0.1, -0.05) is 53.2 Å². The first kappa shape index (κ1) is 51.6. The standard InChI is InChI=1S/C26H43N7O8.C8H17NO.C3H8/c1-26(2,10-14-34)41-15-9-21(35)31-16-22(36)33-20(4-3-12-29-24(28)38)23(37)32-19-7-5-18(6-8-19)17-40-25(39)30-13-11-27;1-4-8(10)9-6-5-7(2)3;1-3-2/h5-8,20,34H,3-4,9-17,27H2,1-2H3,(H,30,39)(H,31,35)(H,32,37)(H,33,36)(H3,28,29,38);7H,4-6H2,1-3H3,(H,9,10);3H2,1-2H3. The number of rotatable bonds is 23. The third-order valence-corrected chi connectivity index (χ3v) is 6.97. The van der Waals surface area contributed by atoms with Crippen LogP contribution in [0.5, 0.6) is 0 Å². The molecular weight excluding hydrogens is 700 g/mol. The van der Waals surface area contributed by atoms with Crippen molar-refractivity contribution in [3.63, 3.8) is 0 Å². The maximum Gasteiger partial charge on any atom is 0.407 e. The number of amides is 7. The van der Waals surface area contributed by atoms with Crippen molar-refractivity contribution in [2.45, 2.75) is 112 Å². The Labute approximate surface area is 321 Å². The van der Waals surface area contributed by atoms with Crippen LogP contribution in [0.25, 0.3) is 0 Å². The number of urea groups is 1. The van der Waals surface area contributed by atoms with E-state index in [2.05, 4.69) is 59.6 Å². The molecule has 0 spiro atoms. The largest absolute Gasteiger partial charge is 0.445 e. The minimum atomic E-state index is -0.967. The van der Waals surface area contributed by atoms with Crippen LogP contribution in [-0.2, 0) is 35.3 Å². The predicted molar refractivity (Wildman–Crippen MR) is 209 cm³/mol. The van der Waals surface area contributed by atoms with E-state index in [9.17, 15) is 28.8 Å². The number of benzene rings is 1. The summed E-state index contributed by atoms with van der Waals surface area (Å²) in [5.74, 6) is -0.665. The Balaban J connectivity index is 0. The first-order valence-electron chi connectivity index (χ1n) is 18.6. The number of hydrogen-bond donors (Lipinski definition) is 9. The van der Waals surface area contributed by atoms with E-state index in [0.29, 0.717) is 49.5 Å². The van der Waals surface area contributed by atoms with Crippen molar-refractivity contribution in [3.8, 4) is 0 Å². The molecule has 310 valence electrons. The van der Waals surface area contributed by atoms with Crippen molar-refractivity contribution in [3.05, 3.63) is 29.8 Å². The highest BCUT2D eigenvalue weighted by atomic mass is 16.5. The lowest BCUT2D eigenvalue weighted by Gasteiger charge is -2.24. The zero-order valence-electron chi connectivity index (χ0n) is 33.4. The van der Waals surface area contributed by atoms with E-state index in [1.165, 1.54) is 6.42 Å². The summed E-state index contributed by atoms with van der Waals surface area (Å²) in [5.41, 5.74) is 10.9. The number of nitrogens with one attached hydrogen (secondary N) is 6. The molecule has 1 unspecified atom stereocenters. The van der Waals surface area contributed by atoms with Crippen LogP contribution < -0.4 is 43.4 Å². The Bertz CT molecular complexity index is 1210. The minimum Gasteiger partial charge on any atom is -0.445 e. The van der Waals surface area contributed by atoms with Crippen LogP contribution in [0.1, 0.15) is 99.0 Å². The number of carbonyl (C=O) groups is 6. The number of hydrogen-bond acceptors (Lipinski definition) is 10. The Morgan fingerprint density at radius 2 is 1.50 bits per heavy atom. The number of nitrogens with two attached hydrogens (primary N) is 2. The fraction of sp³-hybridized carbons (Fsp3) is 0.676. The van der Waals surface area contributed by atoms with E-state index in [0.717, 1.165) is 13.0 Å². The van der Waals surface area contributed by atoms with Gasteiger partial charge in [-0.25, -0.2) is 9.59 Å². The highest BCUT2D eigenvalue weighted by Crippen LogP contribution is 2.14. The van der Waals surface area contributed by atoms with Gasteiger partial charge in [0.2, 0.25) is 23.6 Å². The van der Waals surface area contributed by atoms with Crippen molar-refractivity contribution in [1.29, 1.82) is 0 Å². The Morgan fingerprint density at radius 1 is 0.852 bits per heavy atom. The fourth-order valence-corrected chi connectivity index (χ4v) is 3.97. The molecule has 0 aliphatic carbocycles. The van der Waals surface area contributed by atoms with E-state index in [1.807, 2.05) is 6.92 Å². The quantitative estimate of drug-likeness (QED) is 0.0734. The summed E-state index contributed by atoms with van der Waals surface area (Å²) in [5, 5.41) is 24.6. The third-order valence-electron chi connectivity index (χ3n) is 6.97. The van der Waals surface area contributed by atoms with Crippen LogP contribution >= 0.6 is 0 Å². The maximum atomic E-state index is 13.0. The summed E-state index contributed by atoms with van der Waals surface area (Å²) in [4.78, 5) is 70.7. The van der Waals surface area contributed by atoms with Gasteiger partial charge in [-0.2, -0.15) is 0 Å².